The average Bonchev–Trinajstić information content (AvgIpc) is 3.37. The molecule has 16 nitrogen and oxygen atoms in total. The lowest BCUT2D eigenvalue weighted by molar-refractivity contribution is -0.282. The molecule has 0 fully saturated rings. The quantitative estimate of drug-likeness (QED) is 0.00834. The van der Waals surface area contributed by atoms with Crippen LogP contribution in [-0.2, 0) is 45.1 Å². The van der Waals surface area contributed by atoms with Crippen molar-refractivity contribution < 1.29 is 76.7 Å². The fourth-order valence-corrected chi connectivity index (χ4v) is 5.93. The van der Waals surface area contributed by atoms with E-state index < -0.39 is 17.9 Å². The zero-order chi connectivity index (χ0) is 49.9. The van der Waals surface area contributed by atoms with Crippen LogP contribution in [0.4, 0.5) is 0 Å². The minimum atomic E-state index is -0.568. The second-order valence-corrected chi connectivity index (χ2v) is 15.0. The van der Waals surface area contributed by atoms with E-state index in [4.69, 9.17) is 47.8 Å². The van der Waals surface area contributed by atoms with Gasteiger partial charge < -0.3 is 38.0 Å². The van der Waals surface area contributed by atoms with Gasteiger partial charge in [0.25, 0.3) is 0 Å². The van der Waals surface area contributed by atoms with Crippen LogP contribution in [0.3, 0.4) is 0 Å². The first-order valence-electron chi connectivity index (χ1n) is 22.7. The summed E-state index contributed by atoms with van der Waals surface area (Å²) in [6.45, 7) is 11.2. The fourth-order valence-electron chi connectivity index (χ4n) is 5.93. The average molecular weight is 957 g/mol. The zero-order valence-electron chi connectivity index (χ0n) is 39.8. The Labute approximate surface area is 404 Å². The van der Waals surface area contributed by atoms with Gasteiger partial charge in [0.1, 0.15) is 30.1 Å². The van der Waals surface area contributed by atoms with E-state index in [2.05, 4.69) is 18.0 Å². The second-order valence-electron chi connectivity index (χ2n) is 15.0. The molecule has 69 heavy (non-hydrogen) atoms. The van der Waals surface area contributed by atoms with Gasteiger partial charge in [0.15, 0.2) is 17.2 Å². The molecule has 4 aromatic carbocycles. The Morgan fingerprint density at radius 1 is 0.551 bits per heavy atom. The summed E-state index contributed by atoms with van der Waals surface area (Å²) in [6.07, 6.45) is 11.7. The van der Waals surface area contributed by atoms with Crippen molar-refractivity contribution in [2.45, 2.75) is 84.2 Å². The minimum absolute atomic E-state index is 0.177. The highest BCUT2D eigenvalue weighted by molar-refractivity contribution is 5.91. The van der Waals surface area contributed by atoms with Crippen molar-refractivity contribution in [2.75, 3.05) is 47.3 Å². The van der Waals surface area contributed by atoms with Crippen LogP contribution in [0.1, 0.15) is 102 Å². The van der Waals surface area contributed by atoms with Crippen molar-refractivity contribution in [2.24, 2.45) is 0 Å². The summed E-state index contributed by atoms with van der Waals surface area (Å²) >= 11 is 0. The lowest BCUT2D eigenvalue weighted by Crippen LogP contribution is -2.10. The van der Waals surface area contributed by atoms with Gasteiger partial charge >= 0.3 is 23.9 Å². The summed E-state index contributed by atoms with van der Waals surface area (Å²) < 4.78 is 37.4. The molecule has 0 aliphatic heterocycles. The molecule has 4 aromatic rings. The molecule has 0 heterocycles. The first-order valence-corrected chi connectivity index (χ1v) is 22.7. The topological polar surface area (TPSA) is 187 Å². The molecular formula is C53H64O16. The molecule has 0 saturated heterocycles. The molecule has 0 N–H and O–H groups in total. The van der Waals surface area contributed by atoms with Gasteiger partial charge in [-0.1, -0.05) is 31.4 Å². The molecule has 0 aliphatic carbocycles. The van der Waals surface area contributed by atoms with Gasteiger partial charge in [0, 0.05) is 30.2 Å². The normalized spacial score (nSPS) is 10.4. The maximum Gasteiger partial charge on any atom is 0.343 e. The van der Waals surface area contributed by atoms with Gasteiger partial charge in [0.2, 0.25) is 0 Å². The molecule has 0 unspecified atom stereocenters. The van der Waals surface area contributed by atoms with E-state index in [1.165, 1.54) is 38.5 Å². The van der Waals surface area contributed by atoms with Crippen LogP contribution in [0, 0.1) is 6.92 Å². The van der Waals surface area contributed by atoms with Gasteiger partial charge in [-0.3, -0.25) is 9.59 Å². The number of carbonyl (C=O) groups excluding carboxylic acids is 5. The molecule has 0 atom stereocenters. The molecule has 4 rings (SSSR count). The van der Waals surface area contributed by atoms with Gasteiger partial charge in [-0.2, -0.15) is 4.89 Å². The Morgan fingerprint density at radius 2 is 1.10 bits per heavy atom. The molecule has 0 spiro atoms. The second kappa shape index (κ2) is 34.3. The summed E-state index contributed by atoms with van der Waals surface area (Å²) in [5.41, 5.74) is 2.65. The van der Waals surface area contributed by atoms with Crippen LogP contribution in [0.15, 0.2) is 110 Å². The minimum Gasteiger partial charge on any atom is -0.494 e. The molecule has 0 radical (unpaired) electrons. The van der Waals surface area contributed by atoms with Crippen molar-refractivity contribution in [3.63, 3.8) is 0 Å². The number of unbranched alkanes of at least 4 members (excludes halogenated alkanes) is 7. The summed E-state index contributed by atoms with van der Waals surface area (Å²) in [4.78, 5) is 77.7. The number of aldehydes is 1. The molecule has 0 saturated carbocycles. The van der Waals surface area contributed by atoms with E-state index in [9.17, 15) is 24.0 Å². The number of hydrogen-bond donors (Lipinski definition) is 0. The van der Waals surface area contributed by atoms with E-state index in [1.54, 1.807) is 49.4 Å². The molecule has 372 valence electrons. The van der Waals surface area contributed by atoms with Crippen LogP contribution in [0.5, 0.6) is 34.5 Å². The van der Waals surface area contributed by atoms with Crippen molar-refractivity contribution in [1.29, 1.82) is 0 Å². The Bertz CT molecular complexity index is 2170. The maximum absolute atomic E-state index is 12.7. The first-order chi connectivity index (χ1) is 33.6. The zero-order valence-corrected chi connectivity index (χ0v) is 39.8. The molecule has 0 aromatic heterocycles. The Hall–Kier alpha value is -7.01. The summed E-state index contributed by atoms with van der Waals surface area (Å²) in [7, 11) is 2.93. The number of aryl methyl sites for hydroxylation is 1. The van der Waals surface area contributed by atoms with Crippen molar-refractivity contribution in [1.82, 2.24) is 0 Å². The highest BCUT2D eigenvalue weighted by Crippen LogP contribution is 2.32. The standard InChI is InChI=1S/C36H40O11.C17H24O5/c1-4-34(38)43-21-9-6-5-8-20-42-29-16-13-27(14-17-29)36(40)46-32-19-18-31(24-33(32)41-3)47-44-22-10-7-11-35(39)45-30-15-12-26(2)28(23-30)25-37;1-3-17(18)21-13-7-5-4-6-12-20-16-10-8-15(9-11-16)14-22-19-2/h4,12-19,23-25H,1,5-11,20-22H2,2-3H3;3,8-11H,1,4-7,12-14H2,2H3. The van der Waals surface area contributed by atoms with Crippen molar-refractivity contribution >= 4 is 30.2 Å². The van der Waals surface area contributed by atoms with Crippen LogP contribution in [-0.4, -0.2) is 77.4 Å². The van der Waals surface area contributed by atoms with E-state index in [0.29, 0.717) is 74.3 Å². The number of methoxy groups -OCH3 is 1. The van der Waals surface area contributed by atoms with Crippen molar-refractivity contribution in [3.05, 3.63) is 132 Å². The Balaban J connectivity index is 0.000000478. The lowest BCUT2D eigenvalue weighted by atomic mass is 10.1. The summed E-state index contributed by atoms with van der Waals surface area (Å²) in [5.74, 6) is 0.887. The van der Waals surface area contributed by atoms with Gasteiger partial charge in [-0.15, -0.1) is 0 Å². The van der Waals surface area contributed by atoms with E-state index in [1.807, 2.05) is 24.3 Å². The van der Waals surface area contributed by atoms with E-state index in [0.717, 1.165) is 80.6 Å². The van der Waals surface area contributed by atoms with Crippen LogP contribution < -0.4 is 28.6 Å². The number of carbonyl (C=O) groups is 5. The van der Waals surface area contributed by atoms with Crippen LogP contribution in [0.25, 0.3) is 0 Å². The van der Waals surface area contributed by atoms with E-state index in [-0.39, 0.29) is 30.5 Å². The first kappa shape index (κ1) is 56.3. The van der Waals surface area contributed by atoms with Crippen molar-refractivity contribution in [3.8, 4) is 34.5 Å². The monoisotopic (exact) mass is 956 g/mol. The third-order valence-electron chi connectivity index (χ3n) is 9.75. The number of rotatable bonds is 33. The lowest BCUT2D eigenvalue weighted by Gasteiger charge is -2.12. The fraction of sp³-hybridized carbons (Fsp3) is 0.377. The Kier molecular flexibility index (Phi) is 28.0. The number of ether oxygens (including phenoxy) is 7. The highest BCUT2D eigenvalue weighted by atomic mass is 17.2. The predicted octanol–water partition coefficient (Wildman–Crippen LogP) is 10.2. The smallest absolute Gasteiger partial charge is 0.343 e. The van der Waals surface area contributed by atoms with Gasteiger partial charge in [0.05, 0.1) is 52.8 Å². The number of esters is 4. The largest absolute Gasteiger partial charge is 0.494 e. The summed E-state index contributed by atoms with van der Waals surface area (Å²) in [6, 6.07) is 23.9. The maximum atomic E-state index is 12.7. The molecule has 16 heteroatoms. The third kappa shape index (κ3) is 24.0. The molecular weight excluding hydrogens is 893 g/mol. The third-order valence-corrected chi connectivity index (χ3v) is 9.75. The van der Waals surface area contributed by atoms with Gasteiger partial charge in [-0.05, 0) is 143 Å². The Morgan fingerprint density at radius 3 is 1.67 bits per heavy atom. The molecule has 0 bridgehead atoms. The SMILES string of the molecule is C=CC(=O)OCCCCCCOc1ccc(C(=O)Oc2ccc(OOCCCCC(=O)Oc3ccc(C)c(C=O)c3)cc2OC)cc1.C=CC(=O)OCCCCCCOc1ccc(COOC)cc1. The van der Waals surface area contributed by atoms with E-state index >= 15 is 0 Å². The van der Waals surface area contributed by atoms with Crippen LogP contribution in [0.2, 0.25) is 0 Å². The van der Waals surface area contributed by atoms with Crippen LogP contribution >= 0.6 is 0 Å². The predicted molar refractivity (Wildman–Crippen MR) is 256 cm³/mol. The highest BCUT2D eigenvalue weighted by Gasteiger charge is 2.15. The number of benzene rings is 4. The molecule has 0 amide bonds. The van der Waals surface area contributed by atoms with Gasteiger partial charge in [-0.25, -0.2) is 24.2 Å². The summed E-state index contributed by atoms with van der Waals surface area (Å²) in [5, 5.41) is 0. The molecule has 0 aliphatic rings. The number of hydrogen-bond acceptors (Lipinski definition) is 16.